The van der Waals surface area contributed by atoms with Crippen molar-refractivity contribution in [1.29, 1.82) is 0 Å². The Balaban J connectivity index is 1.95. The normalized spacial score (nSPS) is 21.4. The van der Waals surface area contributed by atoms with E-state index in [2.05, 4.69) is 15.5 Å². The smallest absolute Gasteiger partial charge is 0.259 e. The van der Waals surface area contributed by atoms with Gasteiger partial charge in [-0.25, -0.2) is 4.98 Å². The zero-order valence-corrected chi connectivity index (χ0v) is 14.5. The molecule has 1 saturated carbocycles. The molecule has 0 aromatic carbocycles. The summed E-state index contributed by atoms with van der Waals surface area (Å²) in [6.07, 6.45) is 4.05. The highest BCUT2D eigenvalue weighted by molar-refractivity contribution is 6.06. The van der Waals surface area contributed by atoms with E-state index in [1.54, 1.807) is 0 Å². The summed E-state index contributed by atoms with van der Waals surface area (Å²) in [5.41, 5.74) is 2.45. The fraction of sp³-hybridized carbons (Fsp3) is 0.611. The highest BCUT2D eigenvalue weighted by Crippen LogP contribution is 2.27. The van der Waals surface area contributed by atoms with Crippen molar-refractivity contribution in [3.8, 4) is 0 Å². The van der Waals surface area contributed by atoms with Gasteiger partial charge in [0, 0.05) is 24.3 Å². The van der Waals surface area contributed by atoms with E-state index < -0.39 is 0 Å². The quantitative estimate of drug-likeness (QED) is 0.899. The Morgan fingerprint density at radius 2 is 2.17 bits per heavy atom. The first-order chi connectivity index (χ1) is 11.5. The van der Waals surface area contributed by atoms with Crippen LogP contribution < -0.4 is 5.32 Å². The van der Waals surface area contributed by atoms with Crippen LogP contribution in [0.5, 0.6) is 0 Å². The van der Waals surface area contributed by atoms with Gasteiger partial charge in [-0.05, 0) is 31.7 Å². The summed E-state index contributed by atoms with van der Waals surface area (Å²) in [5, 5.41) is 17.3. The highest BCUT2D eigenvalue weighted by atomic mass is 16.5. The van der Waals surface area contributed by atoms with Gasteiger partial charge in [-0.1, -0.05) is 31.8 Å². The van der Waals surface area contributed by atoms with Crippen LogP contribution in [0, 0.1) is 12.8 Å². The van der Waals surface area contributed by atoms with Crippen molar-refractivity contribution >= 4 is 17.0 Å². The Morgan fingerprint density at radius 1 is 1.42 bits per heavy atom. The van der Waals surface area contributed by atoms with Gasteiger partial charge < -0.3 is 14.9 Å². The molecule has 6 heteroatoms. The number of nitrogens with zero attached hydrogens (tertiary/aromatic N) is 2. The number of hydrogen-bond donors (Lipinski definition) is 2. The minimum Gasteiger partial charge on any atom is -0.396 e. The summed E-state index contributed by atoms with van der Waals surface area (Å²) in [4.78, 5) is 17.4. The van der Waals surface area contributed by atoms with Gasteiger partial charge in [0.2, 0.25) is 0 Å². The third-order valence-electron chi connectivity index (χ3n) is 4.93. The van der Waals surface area contributed by atoms with Gasteiger partial charge >= 0.3 is 0 Å². The number of aliphatic hydroxyl groups is 1. The number of fused-ring (bicyclic) bond motifs is 1. The topological polar surface area (TPSA) is 88.2 Å². The fourth-order valence-corrected chi connectivity index (χ4v) is 3.45. The Morgan fingerprint density at radius 3 is 2.88 bits per heavy atom. The maximum absolute atomic E-state index is 12.9. The zero-order chi connectivity index (χ0) is 17.3. The minimum atomic E-state index is -0.138. The Labute approximate surface area is 141 Å². The fourth-order valence-electron chi connectivity index (χ4n) is 3.45. The van der Waals surface area contributed by atoms with Crippen molar-refractivity contribution < 1.29 is 14.4 Å². The summed E-state index contributed by atoms with van der Waals surface area (Å²) in [6, 6.07) is 1.85. The third-order valence-corrected chi connectivity index (χ3v) is 4.93. The molecule has 0 bridgehead atoms. The van der Waals surface area contributed by atoms with Crippen LogP contribution in [0.4, 0.5) is 0 Å². The van der Waals surface area contributed by atoms with Crippen molar-refractivity contribution in [2.75, 3.05) is 6.61 Å². The Bertz CT molecular complexity index is 738. The van der Waals surface area contributed by atoms with Crippen molar-refractivity contribution in [2.24, 2.45) is 5.92 Å². The molecule has 3 rings (SSSR count). The molecule has 2 atom stereocenters. The second-order valence-electron chi connectivity index (χ2n) is 7.00. The van der Waals surface area contributed by atoms with Crippen LogP contribution in [0.1, 0.15) is 67.2 Å². The summed E-state index contributed by atoms with van der Waals surface area (Å²) < 4.78 is 5.28. The van der Waals surface area contributed by atoms with Crippen LogP contribution in [0.15, 0.2) is 10.6 Å². The van der Waals surface area contributed by atoms with Crippen LogP contribution in [0.25, 0.3) is 11.1 Å². The molecule has 0 saturated heterocycles. The van der Waals surface area contributed by atoms with Gasteiger partial charge in [0.05, 0.1) is 16.6 Å². The number of hydrogen-bond acceptors (Lipinski definition) is 5. The first kappa shape index (κ1) is 16.9. The molecule has 0 spiro atoms. The second-order valence-corrected chi connectivity index (χ2v) is 7.00. The molecular formula is C18H25N3O3. The van der Waals surface area contributed by atoms with Crippen molar-refractivity contribution in [3.05, 3.63) is 23.0 Å². The molecule has 1 aliphatic rings. The van der Waals surface area contributed by atoms with E-state index in [1.165, 1.54) is 0 Å². The van der Waals surface area contributed by atoms with Crippen LogP contribution in [0.2, 0.25) is 0 Å². The van der Waals surface area contributed by atoms with E-state index in [0.717, 1.165) is 31.4 Å². The predicted octanol–water partition coefficient (Wildman–Crippen LogP) is 2.94. The van der Waals surface area contributed by atoms with Crippen LogP contribution in [0.3, 0.4) is 0 Å². The van der Waals surface area contributed by atoms with Gasteiger partial charge in [0.15, 0.2) is 0 Å². The summed E-state index contributed by atoms with van der Waals surface area (Å²) in [7, 11) is 0. The van der Waals surface area contributed by atoms with Gasteiger partial charge in [0.1, 0.15) is 0 Å². The van der Waals surface area contributed by atoms with E-state index in [4.69, 9.17) is 4.52 Å². The number of aryl methyl sites for hydroxylation is 1. The summed E-state index contributed by atoms with van der Waals surface area (Å²) >= 11 is 0. The molecule has 2 heterocycles. The SMILES string of the molecule is Cc1noc2nc(C(C)C)cc(C(=O)N[C@@H]3CCCC[C@H]3CO)c12. The highest BCUT2D eigenvalue weighted by Gasteiger charge is 2.28. The number of aliphatic hydroxyl groups excluding tert-OH is 1. The first-order valence-electron chi connectivity index (χ1n) is 8.70. The van der Waals surface area contributed by atoms with Gasteiger partial charge in [0.25, 0.3) is 11.6 Å². The Hall–Kier alpha value is -1.95. The lowest BCUT2D eigenvalue weighted by atomic mass is 9.85. The van der Waals surface area contributed by atoms with Gasteiger partial charge in [-0.3, -0.25) is 4.79 Å². The molecule has 0 aliphatic heterocycles. The maximum Gasteiger partial charge on any atom is 0.259 e. The standard InChI is InChI=1S/C18H25N3O3/c1-10(2)15-8-13(16-11(3)21-24-18(16)20-15)17(23)19-14-7-5-4-6-12(14)9-22/h8,10,12,14,22H,4-7,9H2,1-3H3,(H,19,23)/t12-,14+/m0/s1. The molecule has 1 fully saturated rings. The van der Waals surface area contributed by atoms with Crippen LogP contribution in [-0.2, 0) is 0 Å². The molecular weight excluding hydrogens is 306 g/mol. The molecule has 2 aromatic rings. The van der Waals surface area contributed by atoms with Gasteiger partial charge in [-0.2, -0.15) is 0 Å². The minimum absolute atomic E-state index is 0.0159. The van der Waals surface area contributed by atoms with Crippen LogP contribution >= 0.6 is 0 Å². The second kappa shape index (κ2) is 6.89. The van der Waals surface area contributed by atoms with E-state index in [0.29, 0.717) is 22.4 Å². The summed E-state index contributed by atoms with van der Waals surface area (Å²) in [5.74, 6) is 0.181. The predicted molar refractivity (Wildman–Crippen MR) is 90.9 cm³/mol. The maximum atomic E-state index is 12.9. The lowest BCUT2D eigenvalue weighted by Crippen LogP contribution is -2.43. The van der Waals surface area contributed by atoms with Crippen LogP contribution in [-0.4, -0.2) is 33.8 Å². The number of pyridine rings is 1. The Kier molecular flexibility index (Phi) is 4.85. The van der Waals surface area contributed by atoms with E-state index in [1.807, 2.05) is 26.8 Å². The van der Waals surface area contributed by atoms with Crippen molar-refractivity contribution in [1.82, 2.24) is 15.5 Å². The largest absolute Gasteiger partial charge is 0.396 e. The molecule has 130 valence electrons. The zero-order valence-electron chi connectivity index (χ0n) is 14.5. The van der Waals surface area contributed by atoms with E-state index in [9.17, 15) is 9.90 Å². The van der Waals surface area contributed by atoms with Gasteiger partial charge in [-0.15, -0.1) is 0 Å². The lowest BCUT2D eigenvalue weighted by molar-refractivity contribution is 0.0874. The number of nitrogens with one attached hydrogen (secondary N) is 1. The molecule has 1 amide bonds. The molecule has 0 unspecified atom stereocenters. The molecule has 1 aliphatic carbocycles. The first-order valence-corrected chi connectivity index (χ1v) is 8.70. The number of amides is 1. The lowest BCUT2D eigenvalue weighted by Gasteiger charge is -2.31. The third kappa shape index (κ3) is 3.15. The molecule has 2 aromatic heterocycles. The number of rotatable bonds is 4. The van der Waals surface area contributed by atoms with E-state index in [-0.39, 0.29) is 30.4 Å². The summed E-state index contributed by atoms with van der Waals surface area (Å²) in [6.45, 7) is 5.99. The number of carbonyl (C=O) groups is 1. The average Bonchev–Trinajstić information content (AvgIpc) is 2.95. The van der Waals surface area contributed by atoms with E-state index >= 15 is 0 Å². The van der Waals surface area contributed by atoms with Crippen molar-refractivity contribution in [3.63, 3.8) is 0 Å². The molecule has 0 radical (unpaired) electrons. The number of aromatic nitrogens is 2. The monoisotopic (exact) mass is 331 g/mol. The molecule has 6 nitrogen and oxygen atoms in total. The molecule has 2 N–H and O–H groups in total. The average molecular weight is 331 g/mol. The number of carbonyl (C=O) groups excluding carboxylic acids is 1. The van der Waals surface area contributed by atoms with Crippen molar-refractivity contribution in [2.45, 2.75) is 58.4 Å². The molecule has 24 heavy (non-hydrogen) atoms.